The Morgan fingerprint density at radius 3 is 2.61 bits per heavy atom. The molecule has 1 fully saturated rings. The maximum absolute atomic E-state index is 13.0. The second-order valence-corrected chi connectivity index (χ2v) is 6.67. The number of aliphatic carboxylic acids is 1. The number of carbonyl (C=O) groups is 2. The van der Waals surface area contributed by atoms with E-state index in [2.05, 4.69) is 5.32 Å². The van der Waals surface area contributed by atoms with Gasteiger partial charge in [0.25, 0.3) is 0 Å². The molecule has 2 rings (SSSR count). The minimum atomic E-state index is -0.853. The Labute approximate surface area is 135 Å². The van der Waals surface area contributed by atoms with Crippen LogP contribution < -0.4 is 5.32 Å². The first-order chi connectivity index (χ1) is 10.8. The average Bonchev–Trinajstić information content (AvgIpc) is 2.53. The minimum absolute atomic E-state index is 0.244. The maximum atomic E-state index is 13.0. The molecule has 23 heavy (non-hydrogen) atoms. The van der Waals surface area contributed by atoms with Gasteiger partial charge in [0, 0.05) is 25.0 Å². The third kappa shape index (κ3) is 4.43. The highest BCUT2D eigenvalue weighted by atomic mass is 19.1. The number of carbonyl (C=O) groups excluding carboxylic acids is 1. The van der Waals surface area contributed by atoms with Crippen molar-refractivity contribution in [2.45, 2.75) is 32.1 Å². The Bertz CT molecular complexity index is 572. The van der Waals surface area contributed by atoms with Crippen LogP contribution in [0.2, 0.25) is 0 Å². The molecule has 0 radical (unpaired) electrons. The van der Waals surface area contributed by atoms with Crippen LogP contribution in [0.15, 0.2) is 24.3 Å². The van der Waals surface area contributed by atoms with Gasteiger partial charge in [0.2, 0.25) is 0 Å². The summed E-state index contributed by atoms with van der Waals surface area (Å²) in [7, 11) is 0. The molecule has 1 atom stereocenters. The molecule has 1 unspecified atom stereocenters. The molecule has 1 saturated heterocycles. The van der Waals surface area contributed by atoms with Crippen molar-refractivity contribution < 1.29 is 19.1 Å². The Balaban J connectivity index is 1.92. The standard InChI is InChI=1S/C17H23FN2O3/c1-17(2,13-5-7-14(18)8-6-13)11-19-16(23)20-9-3-4-12(10-20)15(21)22/h5-8,12H,3-4,9-11H2,1-2H3,(H,19,23)(H,21,22). The van der Waals surface area contributed by atoms with E-state index in [0.29, 0.717) is 25.9 Å². The second-order valence-electron chi connectivity index (χ2n) is 6.67. The van der Waals surface area contributed by atoms with Crippen LogP contribution in [-0.2, 0) is 10.2 Å². The summed E-state index contributed by atoms with van der Waals surface area (Å²) in [5.41, 5.74) is 0.590. The van der Waals surface area contributed by atoms with Gasteiger partial charge in [-0.1, -0.05) is 26.0 Å². The third-order valence-corrected chi connectivity index (χ3v) is 4.37. The number of likely N-dealkylation sites (tertiary alicyclic amines) is 1. The van der Waals surface area contributed by atoms with Gasteiger partial charge in [-0.05, 0) is 30.5 Å². The van der Waals surface area contributed by atoms with Crippen molar-refractivity contribution in [1.29, 1.82) is 0 Å². The van der Waals surface area contributed by atoms with Gasteiger partial charge in [-0.25, -0.2) is 9.18 Å². The van der Waals surface area contributed by atoms with Gasteiger partial charge < -0.3 is 15.3 Å². The summed E-state index contributed by atoms with van der Waals surface area (Å²) >= 11 is 0. The predicted molar refractivity (Wildman–Crippen MR) is 84.8 cm³/mol. The van der Waals surface area contributed by atoms with Crippen LogP contribution in [0.1, 0.15) is 32.3 Å². The molecule has 0 aliphatic carbocycles. The largest absolute Gasteiger partial charge is 0.481 e. The molecule has 5 nitrogen and oxygen atoms in total. The number of carboxylic acids is 1. The Morgan fingerprint density at radius 1 is 1.35 bits per heavy atom. The molecule has 0 bridgehead atoms. The zero-order chi connectivity index (χ0) is 17.0. The van der Waals surface area contributed by atoms with E-state index in [4.69, 9.17) is 5.11 Å². The quantitative estimate of drug-likeness (QED) is 0.895. The molecular weight excluding hydrogens is 299 g/mol. The van der Waals surface area contributed by atoms with E-state index in [-0.39, 0.29) is 23.8 Å². The summed E-state index contributed by atoms with van der Waals surface area (Å²) in [5, 5.41) is 11.9. The number of benzene rings is 1. The van der Waals surface area contributed by atoms with Gasteiger partial charge in [0.05, 0.1) is 5.92 Å². The minimum Gasteiger partial charge on any atom is -0.481 e. The number of hydrogen-bond acceptors (Lipinski definition) is 2. The summed E-state index contributed by atoms with van der Waals surface area (Å²) in [4.78, 5) is 24.9. The van der Waals surface area contributed by atoms with Crippen molar-refractivity contribution >= 4 is 12.0 Å². The molecular formula is C17H23FN2O3. The lowest BCUT2D eigenvalue weighted by Gasteiger charge is -2.32. The van der Waals surface area contributed by atoms with Crippen molar-refractivity contribution in [2.24, 2.45) is 5.92 Å². The normalized spacial score (nSPS) is 18.6. The number of nitrogens with one attached hydrogen (secondary N) is 1. The van der Waals surface area contributed by atoms with Crippen LogP contribution in [0.3, 0.4) is 0 Å². The van der Waals surface area contributed by atoms with Crippen LogP contribution in [0.4, 0.5) is 9.18 Å². The molecule has 1 aliphatic heterocycles. The van der Waals surface area contributed by atoms with Gasteiger partial charge in [0.1, 0.15) is 5.82 Å². The van der Waals surface area contributed by atoms with Crippen molar-refractivity contribution in [1.82, 2.24) is 10.2 Å². The highest BCUT2D eigenvalue weighted by Crippen LogP contribution is 2.23. The smallest absolute Gasteiger partial charge is 0.317 e. The van der Waals surface area contributed by atoms with E-state index in [1.165, 1.54) is 12.1 Å². The van der Waals surface area contributed by atoms with E-state index in [1.54, 1.807) is 17.0 Å². The molecule has 6 heteroatoms. The molecule has 1 heterocycles. The Kier molecular flexibility index (Phi) is 5.23. The van der Waals surface area contributed by atoms with Crippen LogP contribution in [0.25, 0.3) is 0 Å². The number of hydrogen-bond donors (Lipinski definition) is 2. The monoisotopic (exact) mass is 322 g/mol. The van der Waals surface area contributed by atoms with Crippen molar-refractivity contribution in [3.05, 3.63) is 35.6 Å². The summed E-state index contributed by atoms with van der Waals surface area (Å²) < 4.78 is 13.0. The Morgan fingerprint density at radius 2 is 2.00 bits per heavy atom. The lowest BCUT2D eigenvalue weighted by atomic mass is 9.84. The van der Waals surface area contributed by atoms with Crippen LogP contribution >= 0.6 is 0 Å². The van der Waals surface area contributed by atoms with Crippen molar-refractivity contribution in [3.63, 3.8) is 0 Å². The van der Waals surface area contributed by atoms with Crippen molar-refractivity contribution in [2.75, 3.05) is 19.6 Å². The zero-order valence-corrected chi connectivity index (χ0v) is 13.5. The molecule has 126 valence electrons. The van der Waals surface area contributed by atoms with Crippen molar-refractivity contribution in [3.8, 4) is 0 Å². The lowest BCUT2D eigenvalue weighted by molar-refractivity contribution is -0.143. The van der Waals surface area contributed by atoms with Gasteiger partial charge in [-0.15, -0.1) is 0 Å². The van der Waals surface area contributed by atoms with E-state index < -0.39 is 11.9 Å². The van der Waals surface area contributed by atoms with E-state index in [1.807, 2.05) is 13.8 Å². The number of nitrogens with zero attached hydrogens (tertiary/aromatic N) is 1. The fourth-order valence-corrected chi connectivity index (χ4v) is 2.77. The molecule has 1 aromatic carbocycles. The summed E-state index contributed by atoms with van der Waals surface area (Å²) in [5.74, 6) is -1.63. The lowest BCUT2D eigenvalue weighted by Crippen LogP contribution is -2.49. The number of urea groups is 1. The molecule has 0 spiro atoms. The zero-order valence-electron chi connectivity index (χ0n) is 13.5. The fourth-order valence-electron chi connectivity index (χ4n) is 2.77. The maximum Gasteiger partial charge on any atom is 0.317 e. The van der Waals surface area contributed by atoms with E-state index >= 15 is 0 Å². The molecule has 2 amide bonds. The van der Waals surface area contributed by atoms with Gasteiger partial charge in [-0.2, -0.15) is 0 Å². The van der Waals surface area contributed by atoms with Gasteiger partial charge in [-0.3, -0.25) is 4.79 Å². The van der Waals surface area contributed by atoms with E-state index in [9.17, 15) is 14.0 Å². The first-order valence-electron chi connectivity index (χ1n) is 7.81. The predicted octanol–water partition coefficient (Wildman–Crippen LogP) is 2.61. The second kappa shape index (κ2) is 6.98. The number of carboxylic acid groups (broad SMARTS) is 1. The summed E-state index contributed by atoms with van der Waals surface area (Å²) in [6.07, 6.45) is 1.31. The van der Waals surface area contributed by atoms with Crippen LogP contribution in [0.5, 0.6) is 0 Å². The Hall–Kier alpha value is -2.11. The molecule has 1 aromatic rings. The molecule has 1 aliphatic rings. The SMILES string of the molecule is CC(C)(CNC(=O)N1CCCC(C(=O)O)C1)c1ccc(F)cc1. The van der Waals surface area contributed by atoms with E-state index in [0.717, 1.165) is 5.56 Å². The summed E-state index contributed by atoms with van der Waals surface area (Å²) in [6.45, 7) is 5.16. The number of piperidine rings is 1. The third-order valence-electron chi connectivity index (χ3n) is 4.37. The molecule has 0 saturated carbocycles. The highest BCUT2D eigenvalue weighted by Gasteiger charge is 2.29. The number of halogens is 1. The van der Waals surface area contributed by atoms with Gasteiger partial charge >= 0.3 is 12.0 Å². The summed E-state index contributed by atoms with van der Waals surface area (Å²) in [6, 6.07) is 5.99. The molecule has 0 aromatic heterocycles. The van der Waals surface area contributed by atoms with Gasteiger partial charge in [0.15, 0.2) is 0 Å². The first kappa shape index (κ1) is 17.2. The number of rotatable bonds is 4. The fraction of sp³-hybridized carbons (Fsp3) is 0.529. The van der Waals surface area contributed by atoms with Crippen LogP contribution in [-0.4, -0.2) is 41.6 Å². The topological polar surface area (TPSA) is 69.6 Å². The number of amides is 2. The average molecular weight is 322 g/mol. The molecule has 2 N–H and O–H groups in total. The van der Waals surface area contributed by atoms with Crippen LogP contribution in [0, 0.1) is 11.7 Å². The highest BCUT2D eigenvalue weighted by molar-refractivity contribution is 5.76. The first-order valence-corrected chi connectivity index (χ1v) is 7.81.